The summed E-state index contributed by atoms with van der Waals surface area (Å²) in [5.74, 6) is 3.42. The summed E-state index contributed by atoms with van der Waals surface area (Å²) in [5.41, 5.74) is 2.13. The lowest BCUT2D eigenvalue weighted by atomic mass is 10.2. The SMILES string of the molecule is Cc1ccc(NCC#CC(=O)O)cc1. The highest BCUT2D eigenvalue weighted by Gasteiger charge is 1.88. The third-order valence-corrected chi connectivity index (χ3v) is 1.63. The van der Waals surface area contributed by atoms with Gasteiger partial charge in [0.1, 0.15) is 0 Å². The normalized spacial score (nSPS) is 8.64. The van der Waals surface area contributed by atoms with Crippen LogP contribution in [0.25, 0.3) is 0 Å². The number of anilines is 1. The van der Waals surface area contributed by atoms with E-state index in [2.05, 4.69) is 11.2 Å². The van der Waals surface area contributed by atoms with Crippen LogP contribution in [0.3, 0.4) is 0 Å². The van der Waals surface area contributed by atoms with Gasteiger partial charge >= 0.3 is 5.97 Å². The van der Waals surface area contributed by atoms with Gasteiger partial charge in [-0.1, -0.05) is 23.6 Å². The summed E-state index contributed by atoms with van der Waals surface area (Å²) in [6, 6.07) is 7.81. The van der Waals surface area contributed by atoms with Gasteiger partial charge in [0.25, 0.3) is 0 Å². The van der Waals surface area contributed by atoms with Crippen LogP contribution < -0.4 is 5.32 Å². The van der Waals surface area contributed by atoms with Gasteiger partial charge in [0.2, 0.25) is 0 Å². The molecule has 0 spiro atoms. The maximum Gasteiger partial charge on any atom is 0.381 e. The number of carboxylic acid groups (broad SMARTS) is 1. The predicted molar refractivity (Wildman–Crippen MR) is 55.1 cm³/mol. The summed E-state index contributed by atoms with van der Waals surface area (Å²) >= 11 is 0. The van der Waals surface area contributed by atoms with E-state index in [0.29, 0.717) is 6.54 Å². The Balaban J connectivity index is 2.44. The lowest BCUT2D eigenvalue weighted by Gasteiger charge is -2.01. The summed E-state index contributed by atoms with van der Waals surface area (Å²) in [6.07, 6.45) is 0. The molecule has 0 aliphatic carbocycles. The fourth-order valence-electron chi connectivity index (χ4n) is 0.937. The lowest BCUT2D eigenvalue weighted by molar-refractivity contribution is -0.130. The molecule has 0 unspecified atom stereocenters. The number of nitrogens with one attached hydrogen (secondary N) is 1. The van der Waals surface area contributed by atoms with Gasteiger partial charge < -0.3 is 10.4 Å². The number of aryl methyl sites for hydroxylation is 1. The first-order valence-electron chi connectivity index (χ1n) is 4.21. The summed E-state index contributed by atoms with van der Waals surface area (Å²) < 4.78 is 0. The number of benzene rings is 1. The first-order valence-corrected chi connectivity index (χ1v) is 4.21. The Hall–Kier alpha value is -1.95. The molecule has 72 valence electrons. The zero-order chi connectivity index (χ0) is 10.4. The first-order chi connectivity index (χ1) is 6.68. The van der Waals surface area contributed by atoms with Gasteiger partial charge in [-0.3, -0.25) is 0 Å². The molecule has 0 heterocycles. The average molecular weight is 189 g/mol. The van der Waals surface area contributed by atoms with Crippen LogP contribution in [0.15, 0.2) is 24.3 Å². The van der Waals surface area contributed by atoms with Crippen molar-refractivity contribution >= 4 is 11.7 Å². The highest BCUT2D eigenvalue weighted by Crippen LogP contribution is 2.07. The van der Waals surface area contributed by atoms with Crippen molar-refractivity contribution in [3.63, 3.8) is 0 Å². The first kappa shape index (κ1) is 10.1. The Morgan fingerprint density at radius 2 is 2.07 bits per heavy atom. The van der Waals surface area contributed by atoms with Crippen molar-refractivity contribution in [2.75, 3.05) is 11.9 Å². The number of rotatable bonds is 2. The minimum atomic E-state index is -1.10. The monoisotopic (exact) mass is 189 g/mol. The molecule has 0 saturated heterocycles. The molecule has 0 aromatic heterocycles. The van der Waals surface area contributed by atoms with Crippen LogP contribution in [0.1, 0.15) is 5.56 Å². The Morgan fingerprint density at radius 1 is 1.43 bits per heavy atom. The minimum Gasteiger partial charge on any atom is -0.472 e. The van der Waals surface area contributed by atoms with E-state index in [1.54, 1.807) is 0 Å². The molecule has 1 aromatic rings. The van der Waals surface area contributed by atoms with Crippen molar-refractivity contribution in [3.8, 4) is 11.8 Å². The van der Waals surface area contributed by atoms with Crippen molar-refractivity contribution < 1.29 is 9.90 Å². The number of hydrogen-bond donors (Lipinski definition) is 2. The van der Waals surface area contributed by atoms with Gasteiger partial charge in [0.05, 0.1) is 6.54 Å². The van der Waals surface area contributed by atoms with E-state index in [1.165, 1.54) is 5.56 Å². The van der Waals surface area contributed by atoms with E-state index in [1.807, 2.05) is 37.1 Å². The molecule has 0 amide bonds. The van der Waals surface area contributed by atoms with Crippen molar-refractivity contribution in [1.29, 1.82) is 0 Å². The van der Waals surface area contributed by atoms with E-state index in [-0.39, 0.29) is 0 Å². The smallest absolute Gasteiger partial charge is 0.381 e. The topological polar surface area (TPSA) is 49.3 Å². The molecule has 0 bridgehead atoms. The molecule has 1 rings (SSSR count). The van der Waals surface area contributed by atoms with Crippen LogP contribution in [0.4, 0.5) is 5.69 Å². The third-order valence-electron chi connectivity index (χ3n) is 1.63. The second kappa shape index (κ2) is 4.93. The Labute approximate surface area is 82.8 Å². The third kappa shape index (κ3) is 3.63. The van der Waals surface area contributed by atoms with E-state index in [0.717, 1.165) is 5.69 Å². The number of carboxylic acids is 1. The Bertz CT molecular complexity index is 371. The quantitative estimate of drug-likeness (QED) is 0.693. The van der Waals surface area contributed by atoms with Crippen LogP contribution in [-0.4, -0.2) is 17.6 Å². The molecule has 0 radical (unpaired) electrons. The van der Waals surface area contributed by atoms with Gasteiger partial charge in [-0.15, -0.1) is 0 Å². The highest BCUT2D eigenvalue weighted by molar-refractivity contribution is 5.86. The molecular weight excluding hydrogens is 178 g/mol. The van der Waals surface area contributed by atoms with Crippen LogP contribution in [0.5, 0.6) is 0 Å². The van der Waals surface area contributed by atoms with Crippen molar-refractivity contribution in [1.82, 2.24) is 0 Å². The molecule has 3 heteroatoms. The van der Waals surface area contributed by atoms with E-state index in [9.17, 15) is 4.79 Å². The van der Waals surface area contributed by atoms with Gasteiger partial charge in [0.15, 0.2) is 0 Å². The summed E-state index contributed by atoms with van der Waals surface area (Å²) in [6.45, 7) is 2.35. The van der Waals surface area contributed by atoms with Crippen molar-refractivity contribution in [2.24, 2.45) is 0 Å². The van der Waals surface area contributed by atoms with E-state index < -0.39 is 5.97 Å². The van der Waals surface area contributed by atoms with E-state index in [4.69, 9.17) is 5.11 Å². The maximum atomic E-state index is 10.1. The van der Waals surface area contributed by atoms with Crippen molar-refractivity contribution in [2.45, 2.75) is 6.92 Å². The summed E-state index contributed by atoms with van der Waals surface area (Å²) in [7, 11) is 0. The number of aliphatic carboxylic acids is 1. The molecule has 14 heavy (non-hydrogen) atoms. The van der Waals surface area contributed by atoms with Gasteiger partial charge in [0, 0.05) is 11.6 Å². The summed E-state index contributed by atoms with van der Waals surface area (Å²) in [5, 5.41) is 11.2. The molecule has 3 nitrogen and oxygen atoms in total. The average Bonchev–Trinajstić information content (AvgIpc) is 2.15. The Kier molecular flexibility index (Phi) is 3.57. The fourth-order valence-corrected chi connectivity index (χ4v) is 0.937. The Morgan fingerprint density at radius 3 is 2.64 bits per heavy atom. The highest BCUT2D eigenvalue weighted by atomic mass is 16.4. The maximum absolute atomic E-state index is 10.1. The van der Waals surface area contributed by atoms with Crippen LogP contribution >= 0.6 is 0 Å². The molecule has 0 saturated carbocycles. The molecule has 0 aliphatic rings. The minimum absolute atomic E-state index is 0.343. The number of hydrogen-bond acceptors (Lipinski definition) is 2. The van der Waals surface area contributed by atoms with Gasteiger partial charge in [-0.05, 0) is 19.1 Å². The lowest BCUT2D eigenvalue weighted by Crippen LogP contribution is -1.99. The molecular formula is C11H11NO2. The second-order valence-electron chi connectivity index (χ2n) is 2.83. The summed E-state index contributed by atoms with van der Waals surface area (Å²) in [4.78, 5) is 10.1. The van der Waals surface area contributed by atoms with E-state index >= 15 is 0 Å². The molecule has 0 aliphatic heterocycles. The van der Waals surface area contributed by atoms with Crippen LogP contribution in [-0.2, 0) is 4.79 Å². The predicted octanol–water partition coefficient (Wildman–Crippen LogP) is 1.49. The van der Waals surface area contributed by atoms with Gasteiger partial charge in [-0.25, -0.2) is 4.79 Å². The zero-order valence-electron chi connectivity index (χ0n) is 7.87. The molecule has 0 fully saturated rings. The molecule has 2 N–H and O–H groups in total. The molecule has 0 atom stereocenters. The molecule has 1 aromatic carbocycles. The number of carbonyl (C=O) groups is 1. The van der Waals surface area contributed by atoms with Gasteiger partial charge in [-0.2, -0.15) is 0 Å². The largest absolute Gasteiger partial charge is 0.472 e. The van der Waals surface area contributed by atoms with Crippen molar-refractivity contribution in [3.05, 3.63) is 29.8 Å². The van der Waals surface area contributed by atoms with Crippen LogP contribution in [0.2, 0.25) is 0 Å². The zero-order valence-corrected chi connectivity index (χ0v) is 7.87. The standard InChI is InChI=1S/C11H11NO2/c1-9-4-6-10(7-5-9)12-8-2-3-11(13)14/h4-7,12H,8H2,1H3,(H,13,14). The van der Waals surface area contributed by atoms with Crippen LogP contribution in [0, 0.1) is 18.8 Å². The second-order valence-corrected chi connectivity index (χ2v) is 2.83. The fraction of sp³-hybridized carbons (Fsp3) is 0.182.